The third-order valence-corrected chi connectivity index (χ3v) is 4.06. The van der Waals surface area contributed by atoms with Gasteiger partial charge in [-0.2, -0.15) is 0 Å². The molecule has 0 saturated carbocycles. The lowest BCUT2D eigenvalue weighted by Gasteiger charge is -2.30. The lowest BCUT2D eigenvalue weighted by Crippen LogP contribution is -2.44. The number of allylic oxidation sites excluding steroid dienone is 1. The van der Waals surface area contributed by atoms with Crippen molar-refractivity contribution in [2.24, 2.45) is 10.9 Å². The third kappa shape index (κ3) is 6.42. The first-order valence-electron chi connectivity index (χ1n) is 7.92. The van der Waals surface area contributed by atoms with Crippen LogP contribution in [0.4, 0.5) is 0 Å². The first kappa shape index (κ1) is 17.0. The Hall–Kier alpha value is -1.03. The van der Waals surface area contributed by atoms with E-state index in [1.54, 1.807) is 0 Å². The van der Waals surface area contributed by atoms with Crippen LogP contribution in [-0.4, -0.2) is 62.6 Å². The van der Waals surface area contributed by atoms with Crippen LogP contribution in [0.5, 0.6) is 0 Å². The average Bonchev–Trinajstić information content (AvgIpc) is 2.45. The topological polar surface area (TPSA) is 30.9 Å². The fraction of sp³-hybridized carbons (Fsp3) is 0.812. The van der Waals surface area contributed by atoms with Crippen molar-refractivity contribution in [1.29, 1.82) is 0 Å². The van der Waals surface area contributed by atoms with Crippen molar-refractivity contribution < 1.29 is 0 Å². The monoisotopic (exact) mass is 280 g/mol. The van der Waals surface area contributed by atoms with Crippen LogP contribution in [0.2, 0.25) is 0 Å². The molecule has 0 aromatic rings. The van der Waals surface area contributed by atoms with Gasteiger partial charge in [-0.3, -0.25) is 4.99 Å². The van der Waals surface area contributed by atoms with E-state index in [0.29, 0.717) is 0 Å². The molecule has 0 unspecified atom stereocenters. The molecule has 0 bridgehead atoms. The summed E-state index contributed by atoms with van der Waals surface area (Å²) in [6, 6.07) is 0. The number of nitrogens with one attached hydrogen (secondary N) is 1. The Morgan fingerprint density at radius 2 is 2.15 bits per heavy atom. The van der Waals surface area contributed by atoms with E-state index >= 15 is 0 Å². The number of aliphatic imine (C=N–C) groups is 1. The van der Waals surface area contributed by atoms with Gasteiger partial charge in [0, 0.05) is 33.7 Å². The molecular formula is C16H32N4. The van der Waals surface area contributed by atoms with Crippen LogP contribution >= 0.6 is 0 Å². The lowest BCUT2D eigenvalue weighted by atomic mass is 9.99. The van der Waals surface area contributed by atoms with Gasteiger partial charge in [-0.25, -0.2) is 0 Å². The Morgan fingerprint density at radius 1 is 1.45 bits per heavy atom. The second-order valence-electron chi connectivity index (χ2n) is 5.85. The van der Waals surface area contributed by atoms with E-state index in [4.69, 9.17) is 0 Å². The van der Waals surface area contributed by atoms with Crippen LogP contribution in [0, 0.1) is 5.92 Å². The molecule has 1 rings (SSSR count). The summed E-state index contributed by atoms with van der Waals surface area (Å²) in [6.07, 6.45) is 6.85. The van der Waals surface area contributed by atoms with E-state index in [-0.39, 0.29) is 0 Å². The highest BCUT2D eigenvalue weighted by Gasteiger charge is 2.15. The van der Waals surface area contributed by atoms with E-state index < -0.39 is 0 Å². The van der Waals surface area contributed by atoms with Gasteiger partial charge in [-0.05, 0) is 44.7 Å². The van der Waals surface area contributed by atoms with Crippen molar-refractivity contribution in [3.63, 3.8) is 0 Å². The number of hydrogen-bond acceptors (Lipinski definition) is 2. The van der Waals surface area contributed by atoms with Crippen LogP contribution in [-0.2, 0) is 0 Å². The minimum atomic E-state index is 0.906. The minimum Gasteiger partial charge on any atom is -0.355 e. The van der Waals surface area contributed by atoms with Gasteiger partial charge >= 0.3 is 0 Å². The van der Waals surface area contributed by atoms with E-state index in [2.05, 4.69) is 40.7 Å². The molecule has 1 heterocycles. The Kier molecular flexibility index (Phi) is 8.35. The van der Waals surface area contributed by atoms with Crippen molar-refractivity contribution in [2.45, 2.75) is 32.6 Å². The molecule has 0 aromatic carbocycles. The zero-order valence-corrected chi connectivity index (χ0v) is 13.6. The molecule has 1 aliphatic heterocycles. The van der Waals surface area contributed by atoms with Gasteiger partial charge in [0.1, 0.15) is 0 Å². The number of likely N-dealkylation sites (tertiary alicyclic amines) is 1. The molecule has 1 aliphatic rings. The summed E-state index contributed by atoms with van der Waals surface area (Å²) in [4.78, 5) is 9.10. The molecule has 0 spiro atoms. The van der Waals surface area contributed by atoms with E-state index in [9.17, 15) is 0 Å². The van der Waals surface area contributed by atoms with Gasteiger partial charge in [0.15, 0.2) is 5.96 Å². The third-order valence-electron chi connectivity index (χ3n) is 4.06. The number of hydrogen-bond donors (Lipinski definition) is 1. The molecule has 0 aliphatic carbocycles. The average molecular weight is 280 g/mol. The molecule has 1 N–H and O–H groups in total. The number of piperidine rings is 1. The first-order chi connectivity index (χ1) is 9.67. The Labute approximate surface area is 124 Å². The number of rotatable bonds is 7. The fourth-order valence-corrected chi connectivity index (χ4v) is 2.57. The second kappa shape index (κ2) is 9.81. The van der Waals surface area contributed by atoms with Gasteiger partial charge in [-0.1, -0.05) is 13.0 Å². The maximum atomic E-state index is 4.35. The van der Waals surface area contributed by atoms with Crippen molar-refractivity contribution >= 4 is 5.96 Å². The Balaban J connectivity index is 2.19. The molecule has 0 atom stereocenters. The summed E-state index contributed by atoms with van der Waals surface area (Å²) < 4.78 is 0. The first-order valence-corrected chi connectivity index (χ1v) is 7.92. The van der Waals surface area contributed by atoms with Crippen LogP contribution < -0.4 is 5.32 Å². The molecule has 20 heavy (non-hydrogen) atoms. The summed E-state index contributed by atoms with van der Waals surface area (Å²) in [5, 5.41) is 3.46. The normalized spacial score (nSPS) is 18.1. The molecule has 4 heteroatoms. The highest BCUT2D eigenvalue weighted by atomic mass is 15.3. The predicted molar refractivity (Wildman–Crippen MR) is 88.3 cm³/mol. The number of unbranched alkanes of at least 4 members (excludes halogenated alkanes) is 1. The van der Waals surface area contributed by atoms with Crippen molar-refractivity contribution in [1.82, 2.24) is 15.1 Å². The van der Waals surface area contributed by atoms with Crippen molar-refractivity contribution in [2.75, 3.05) is 46.8 Å². The Bertz CT molecular complexity index is 293. The van der Waals surface area contributed by atoms with Gasteiger partial charge in [0.05, 0.1) is 0 Å². The number of nitrogens with zero attached hydrogens (tertiary/aromatic N) is 3. The standard InChI is InChI=1S/C16H32N4/c1-5-6-7-11-19(4)16(17-3)18-10-14-20-12-8-15(2)9-13-20/h5,15H,1,6-14H2,2-4H3,(H,17,18). The van der Waals surface area contributed by atoms with Crippen molar-refractivity contribution in [3.8, 4) is 0 Å². The quantitative estimate of drug-likeness (QED) is 0.336. The number of guanidine groups is 1. The lowest BCUT2D eigenvalue weighted by molar-refractivity contribution is 0.195. The minimum absolute atomic E-state index is 0.906. The van der Waals surface area contributed by atoms with Gasteiger partial charge in [0.25, 0.3) is 0 Å². The van der Waals surface area contributed by atoms with E-state index in [1.165, 1.54) is 25.9 Å². The molecule has 4 nitrogen and oxygen atoms in total. The molecule has 0 aromatic heterocycles. The highest BCUT2D eigenvalue weighted by Crippen LogP contribution is 2.15. The van der Waals surface area contributed by atoms with Crippen LogP contribution in [0.15, 0.2) is 17.6 Å². The van der Waals surface area contributed by atoms with Crippen LogP contribution in [0.1, 0.15) is 32.6 Å². The van der Waals surface area contributed by atoms with Crippen LogP contribution in [0.25, 0.3) is 0 Å². The summed E-state index contributed by atoms with van der Waals surface area (Å²) >= 11 is 0. The smallest absolute Gasteiger partial charge is 0.193 e. The van der Waals surface area contributed by atoms with Gasteiger partial charge < -0.3 is 15.1 Å². The molecule has 0 radical (unpaired) electrons. The zero-order chi connectivity index (χ0) is 14.8. The Morgan fingerprint density at radius 3 is 2.75 bits per heavy atom. The molecular weight excluding hydrogens is 248 g/mol. The molecule has 116 valence electrons. The predicted octanol–water partition coefficient (Wildman–Crippen LogP) is 2.19. The largest absolute Gasteiger partial charge is 0.355 e. The van der Waals surface area contributed by atoms with Crippen molar-refractivity contribution in [3.05, 3.63) is 12.7 Å². The summed E-state index contributed by atoms with van der Waals surface area (Å²) in [6.45, 7) is 11.7. The van der Waals surface area contributed by atoms with Gasteiger partial charge in [-0.15, -0.1) is 6.58 Å². The maximum absolute atomic E-state index is 4.35. The molecule has 1 fully saturated rings. The summed E-state index contributed by atoms with van der Waals surface area (Å²) in [5.74, 6) is 1.91. The summed E-state index contributed by atoms with van der Waals surface area (Å²) in [7, 11) is 3.95. The van der Waals surface area contributed by atoms with Crippen LogP contribution in [0.3, 0.4) is 0 Å². The van der Waals surface area contributed by atoms with E-state index in [0.717, 1.165) is 44.4 Å². The second-order valence-corrected chi connectivity index (χ2v) is 5.85. The zero-order valence-electron chi connectivity index (χ0n) is 13.6. The van der Waals surface area contributed by atoms with E-state index in [1.807, 2.05) is 13.1 Å². The molecule has 0 amide bonds. The fourth-order valence-electron chi connectivity index (χ4n) is 2.57. The van der Waals surface area contributed by atoms with Gasteiger partial charge in [0.2, 0.25) is 0 Å². The maximum Gasteiger partial charge on any atom is 0.193 e. The highest BCUT2D eigenvalue weighted by molar-refractivity contribution is 5.79. The SMILES string of the molecule is C=CCCCN(C)C(=NC)NCCN1CCC(C)CC1. The molecule has 1 saturated heterocycles. The summed E-state index contributed by atoms with van der Waals surface area (Å²) in [5.41, 5.74) is 0.